The first-order chi connectivity index (χ1) is 10.8. The van der Waals surface area contributed by atoms with Crippen LogP contribution in [0.15, 0.2) is 54.7 Å². The van der Waals surface area contributed by atoms with Crippen molar-refractivity contribution in [1.29, 1.82) is 0 Å². The Kier molecular flexibility index (Phi) is 3.73. The Morgan fingerprint density at radius 3 is 2.73 bits per heavy atom. The van der Waals surface area contributed by atoms with Crippen LogP contribution in [0.1, 0.15) is 30.4 Å². The fourth-order valence-corrected chi connectivity index (χ4v) is 4.02. The molecule has 4 rings (SSSR count). The number of halogens is 1. The van der Waals surface area contributed by atoms with E-state index in [0.717, 1.165) is 18.5 Å². The molecule has 112 valence electrons. The Labute approximate surface area is 136 Å². The topological polar surface area (TPSA) is 16.1 Å². The van der Waals surface area contributed by atoms with Gasteiger partial charge in [-0.1, -0.05) is 54.1 Å². The Bertz CT molecular complexity index is 696. The van der Waals surface area contributed by atoms with Gasteiger partial charge in [-0.15, -0.1) is 0 Å². The van der Waals surface area contributed by atoms with Crippen molar-refractivity contribution >= 4 is 17.2 Å². The summed E-state index contributed by atoms with van der Waals surface area (Å²) < 4.78 is 0. The SMILES string of the molecule is Clc1ncccc1C1=CC2CCC(C1)N2Cc1ccccc1. The van der Waals surface area contributed by atoms with Crippen LogP contribution in [0.2, 0.25) is 5.15 Å². The highest BCUT2D eigenvalue weighted by Gasteiger charge is 2.36. The van der Waals surface area contributed by atoms with Crippen LogP contribution < -0.4 is 0 Å². The summed E-state index contributed by atoms with van der Waals surface area (Å²) in [6.07, 6.45) is 7.77. The van der Waals surface area contributed by atoms with Gasteiger partial charge < -0.3 is 0 Å². The van der Waals surface area contributed by atoms with E-state index in [1.165, 1.54) is 24.0 Å². The normalized spacial score (nSPS) is 24.3. The van der Waals surface area contributed by atoms with Gasteiger partial charge in [0.25, 0.3) is 0 Å². The van der Waals surface area contributed by atoms with Crippen LogP contribution in [0.5, 0.6) is 0 Å². The maximum Gasteiger partial charge on any atom is 0.136 e. The van der Waals surface area contributed by atoms with Gasteiger partial charge in [-0.25, -0.2) is 4.98 Å². The third-order valence-electron chi connectivity index (χ3n) is 4.85. The number of aromatic nitrogens is 1. The maximum atomic E-state index is 6.27. The van der Waals surface area contributed by atoms with Crippen LogP contribution in [-0.2, 0) is 6.54 Å². The second-order valence-electron chi connectivity index (χ2n) is 6.19. The second kappa shape index (κ2) is 5.86. The molecule has 2 atom stereocenters. The molecular weight excluding hydrogens is 292 g/mol. The molecule has 3 heterocycles. The van der Waals surface area contributed by atoms with Gasteiger partial charge in [-0.05, 0) is 36.5 Å². The Hall–Kier alpha value is -1.64. The van der Waals surface area contributed by atoms with Crippen molar-refractivity contribution in [1.82, 2.24) is 9.88 Å². The zero-order valence-electron chi connectivity index (χ0n) is 12.5. The Morgan fingerprint density at radius 1 is 1.09 bits per heavy atom. The molecular formula is C19H19ClN2. The van der Waals surface area contributed by atoms with Crippen LogP contribution in [-0.4, -0.2) is 22.0 Å². The first-order valence-corrected chi connectivity index (χ1v) is 8.30. The highest BCUT2D eigenvalue weighted by molar-refractivity contribution is 6.31. The van der Waals surface area contributed by atoms with Crippen LogP contribution in [0, 0.1) is 0 Å². The molecule has 1 saturated heterocycles. The quantitative estimate of drug-likeness (QED) is 0.773. The molecule has 2 bridgehead atoms. The van der Waals surface area contributed by atoms with Gasteiger partial charge >= 0.3 is 0 Å². The van der Waals surface area contributed by atoms with Gasteiger partial charge in [-0.2, -0.15) is 0 Å². The molecule has 2 aliphatic heterocycles. The minimum Gasteiger partial charge on any atom is -0.289 e. The van der Waals surface area contributed by atoms with Gasteiger partial charge in [-0.3, -0.25) is 4.90 Å². The fraction of sp³-hybridized carbons (Fsp3) is 0.316. The summed E-state index contributed by atoms with van der Waals surface area (Å²) in [6, 6.07) is 16.0. The first kappa shape index (κ1) is 14.0. The minimum absolute atomic E-state index is 0.533. The average Bonchev–Trinajstić information content (AvgIpc) is 2.78. The second-order valence-corrected chi connectivity index (χ2v) is 6.55. The van der Waals surface area contributed by atoms with E-state index in [2.05, 4.69) is 52.4 Å². The van der Waals surface area contributed by atoms with E-state index in [9.17, 15) is 0 Å². The van der Waals surface area contributed by atoms with Gasteiger partial charge in [0.15, 0.2) is 0 Å². The number of hydrogen-bond acceptors (Lipinski definition) is 2. The maximum absolute atomic E-state index is 6.27. The molecule has 3 heteroatoms. The van der Waals surface area contributed by atoms with E-state index in [-0.39, 0.29) is 0 Å². The molecule has 22 heavy (non-hydrogen) atoms. The summed E-state index contributed by atoms with van der Waals surface area (Å²) in [6.45, 7) is 1.04. The van der Waals surface area contributed by atoms with Crippen LogP contribution in [0.3, 0.4) is 0 Å². The Balaban J connectivity index is 1.59. The van der Waals surface area contributed by atoms with Gasteiger partial charge in [0.2, 0.25) is 0 Å². The summed E-state index contributed by atoms with van der Waals surface area (Å²) in [5.74, 6) is 0. The smallest absolute Gasteiger partial charge is 0.136 e. The van der Waals surface area contributed by atoms with Crippen molar-refractivity contribution in [2.45, 2.75) is 37.9 Å². The van der Waals surface area contributed by atoms with Gasteiger partial charge in [0.05, 0.1) is 0 Å². The first-order valence-electron chi connectivity index (χ1n) is 7.92. The number of nitrogens with zero attached hydrogens (tertiary/aromatic N) is 2. The number of benzene rings is 1. The van der Waals surface area contributed by atoms with E-state index in [0.29, 0.717) is 17.2 Å². The third kappa shape index (κ3) is 2.57. The molecule has 0 amide bonds. The third-order valence-corrected chi connectivity index (χ3v) is 5.15. The van der Waals surface area contributed by atoms with E-state index in [4.69, 9.17) is 11.6 Å². The molecule has 0 N–H and O–H groups in total. The molecule has 2 aromatic rings. The lowest BCUT2D eigenvalue weighted by atomic mass is 9.95. The average molecular weight is 311 g/mol. The van der Waals surface area contributed by atoms with E-state index >= 15 is 0 Å². The lowest BCUT2D eigenvalue weighted by molar-refractivity contribution is 0.203. The van der Waals surface area contributed by atoms with Crippen molar-refractivity contribution in [2.24, 2.45) is 0 Å². The number of hydrogen-bond donors (Lipinski definition) is 0. The fourth-order valence-electron chi connectivity index (χ4n) is 3.78. The standard InChI is InChI=1S/C19H19ClN2/c20-19-18(7-4-10-21-19)15-11-16-8-9-17(12-15)22(16)13-14-5-2-1-3-6-14/h1-7,10-11,16-17H,8-9,12-13H2. The van der Waals surface area contributed by atoms with Crippen LogP contribution in [0.25, 0.3) is 5.57 Å². The largest absolute Gasteiger partial charge is 0.289 e. The highest BCUT2D eigenvalue weighted by atomic mass is 35.5. The predicted molar refractivity (Wildman–Crippen MR) is 90.6 cm³/mol. The number of fused-ring (bicyclic) bond motifs is 2. The summed E-state index contributed by atoms with van der Waals surface area (Å²) in [5.41, 5.74) is 3.88. The van der Waals surface area contributed by atoms with Crippen LogP contribution in [0.4, 0.5) is 0 Å². The molecule has 2 unspecified atom stereocenters. The molecule has 2 nitrogen and oxygen atoms in total. The summed E-state index contributed by atoms with van der Waals surface area (Å²) in [7, 11) is 0. The monoisotopic (exact) mass is 310 g/mol. The molecule has 0 saturated carbocycles. The Morgan fingerprint density at radius 2 is 1.95 bits per heavy atom. The molecule has 0 spiro atoms. The molecule has 1 fully saturated rings. The predicted octanol–water partition coefficient (Wildman–Crippen LogP) is 4.56. The van der Waals surface area contributed by atoms with Gasteiger partial charge in [0, 0.05) is 30.4 Å². The molecule has 2 aliphatic rings. The summed E-state index contributed by atoms with van der Waals surface area (Å²) in [4.78, 5) is 6.86. The van der Waals surface area contributed by atoms with Crippen molar-refractivity contribution < 1.29 is 0 Å². The van der Waals surface area contributed by atoms with E-state index in [1.807, 2.05) is 6.07 Å². The lowest BCUT2D eigenvalue weighted by Crippen LogP contribution is -2.37. The van der Waals surface area contributed by atoms with Crippen molar-refractivity contribution in [3.8, 4) is 0 Å². The minimum atomic E-state index is 0.533. The van der Waals surface area contributed by atoms with E-state index < -0.39 is 0 Å². The highest BCUT2D eigenvalue weighted by Crippen LogP contribution is 2.40. The zero-order valence-corrected chi connectivity index (χ0v) is 13.2. The molecule has 1 aromatic carbocycles. The zero-order chi connectivity index (χ0) is 14.9. The lowest BCUT2D eigenvalue weighted by Gasteiger charge is -2.34. The molecule has 0 radical (unpaired) electrons. The van der Waals surface area contributed by atoms with Crippen molar-refractivity contribution in [2.75, 3.05) is 0 Å². The summed E-state index contributed by atoms with van der Waals surface area (Å²) >= 11 is 6.27. The van der Waals surface area contributed by atoms with Crippen molar-refractivity contribution in [3.63, 3.8) is 0 Å². The van der Waals surface area contributed by atoms with Gasteiger partial charge in [0.1, 0.15) is 5.15 Å². The van der Waals surface area contributed by atoms with Crippen molar-refractivity contribution in [3.05, 3.63) is 71.0 Å². The molecule has 1 aromatic heterocycles. The number of rotatable bonds is 3. The number of pyridine rings is 1. The van der Waals surface area contributed by atoms with Crippen LogP contribution >= 0.6 is 11.6 Å². The molecule has 0 aliphatic carbocycles. The van der Waals surface area contributed by atoms with E-state index in [1.54, 1.807) is 6.20 Å². The summed E-state index contributed by atoms with van der Waals surface area (Å²) in [5, 5.41) is 0.629.